The van der Waals surface area contributed by atoms with Gasteiger partial charge in [0.1, 0.15) is 6.54 Å². The Balaban J connectivity index is 1.67. The maximum absolute atomic E-state index is 12.3. The quantitative estimate of drug-likeness (QED) is 0.451. The fraction of sp³-hybridized carbons (Fsp3) is 0.182. The number of azo groups is 1. The smallest absolute Gasteiger partial charge is 0.286 e. The number of halogens is 1. The number of aromatic nitrogens is 3. The van der Waals surface area contributed by atoms with Crippen LogP contribution >= 0.6 is 11.6 Å². The van der Waals surface area contributed by atoms with Gasteiger partial charge < -0.3 is 9.67 Å². The van der Waals surface area contributed by atoms with Gasteiger partial charge in [-0.3, -0.25) is 9.48 Å². The minimum atomic E-state index is -0.455. The molecule has 0 unspecified atom stereocenters. The van der Waals surface area contributed by atoms with E-state index in [1.54, 1.807) is 15.3 Å². The number of carbonyl (C=O) groups is 1. The molecule has 0 spiro atoms. The van der Waals surface area contributed by atoms with E-state index >= 15 is 0 Å². The van der Waals surface area contributed by atoms with Gasteiger partial charge in [0, 0.05) is 16.1 Å². The summed E-state index contributed by atoms with van der Waals surface area (Å²) < 4.78 is 3.29. The van der Waals surface area contributed by atoms with Crippen LogP contribution in [0, 0.1) is 13.8 Å². The first-order chi connectivity index (χ1) is 14.4. The van der Waals surface area contributed by atoms with Gasteiger partial charge in [0.05, 0.1) is 17.8 Å². The van der Waals surface area contributed by atoms with Gasteiger partial charge in [-0.25, -0.2) is 0 Å². The summed E-state index contributed by atoms with van der Waals surface area (Å²) in [6.07, 6.45) is 0. The number of hydrogen-bond donors (Lipinski definition) is 1. The molecule has 7 nitrogen and oxygen atoms in total. The topological polar surface area (TPSA) is 84.8 Å². The normalized spacial score (nSPS) is 11.6. The number of carbonyl (C=O) groups excluding carboxylic acids is 1. The zero-order valence-electron chi connectivity index (χ0n) is 16.6. The molecule has 0 bridgehead atoms. The molecule has 0 saturated heterocycles. The molecule has 0 aliphatic carbocycles. The van der Waals surface area contributed by atoms with Crippen molar-refractivity contribution in [2.24, 2.45) is 10.2 Å². The summed E-state index contributed by atoms with van der Waals surface area (Å²) in [5, 5.41) is 24.3. The summed E-state index contributed by atoms with van der Waals surface area (Å²) in [4.78, 5) is 12.3. The molecule has 2 aromatic heterocycles. The van der Waals surface area contributed by atoms with Crippen molar-refractivity contribution in [3.05, 3.63) is 76.6 Å². The predicted molar refractivity (Wildman–Crippen MR) is 115 cm³/mol. The predicted octanol–water partition coefficient (Wildman–Crippen LogP) is 5.17. The summed E-state index contributed by atoms with van der Waals surface area (Å²) in [7, 11) is 0. The SMILES string of the molecule is Cc1cc(C)n(CC(=O)N=Nc2c(O)n(Cc3ccccc3Cl)c3ccccc23)n1. The average molecular weight is 422 g/mol. The van der Waals surface area contributed by atoms with E-state index in [0.717, 1.165) is 22.5 Å². The number of fused-ring (bicyclic) bond motifs is 1. The number of aromatic hydroxyl groups is 1. The third kappa shape index (κ3) is 3.84. The molecule has 0 aliphatic rings. The lowest BCUT2D eigenvalue weighted by atomic mass is 10.2. The number of amides is 1. The Morgan fingerprint density at radius 1 is 1.13 bits per heavy atom. The van der Waals surface area contributed by atoms with E-state index in [9.17, 15) is 9.90 Å². The van der Waals surface area contributed by atoms with Gasteiger partial charge in [-0.15, -0.1) is 10.2 Å². The molecule has 0 radical (unpaired) electrons. The van der Waals surface area contributed by atoms with Gasteiger partial charge >= 0.3 is 0 Å². The zero-order valence-corrected chi connectivity index (χ0v) is 17.3. The van der Waals surface area contributed by atoms with Crippen LogP contribution in [-0.2, 0) is 17.9 Å². The van der Waals surface area contributed by atoms with Crippen LogP contribution < -0.4 is 0 Å². The standard InChI is InChI=1S/C22H20ClN5O2/c1-14-11-15(2)28(26-14)13-20(29)24-25-21-17-8-4-6-10-19(17)27(22(21)30)12-16-7-3-5-9-18(16)23/h3-11,30H,12-13H2,1-2H3. The number of nitrogens with zero attached hydrogens (tertiary/aromatic N) is 5. The maximum atomic E-state index is 12.3. The van der Waals surface area contributed by atoms with Crippen LogP contribution in [0.1, 0.15) is 17.0 Å². The lowest BCUT2D eigenvalue weighted by Gasteiger charge is -2.08. The van der Waals surface area contributed by atoms with Crippen molar-refractivity contribution in [1.29, 1.82) is 0 Å². The van der Waals surface area contributed by atoms with Crippen molar-refractivity contribution in [3.63, 3.8) is 0 Å². The number of aryl methyl sites for hydroxylation is 2. The molecular weight excluding hydrogens is 402 g/mol. The molecule has 0 aliphatic heterocycles. The highest BCUT2D eigenvalue weighted by atomic mass is 35.5. The van der Waals surface area contributed by atoms with Crippen molar-refractivity contribution in [1.82, 2.24) is 14.3 Å². The summed E-state index contributed by atoms with van der Waals surface area (Å²) in [5.74, 6) is -0.526. The van der Waals surface area contributed by atoms with Gasteiger partial charge in [0.15, 0.2) is 5.69 Å². The van der Waals surface area contributed by atoms with Crippen LogP contribution in [0.2, 0.25) is 5.02 Å². The molecule has 2 aromatic carbocycles. The Morgan fingerprint density at radius 2 is 1.87 bits per heavy atom. The van der Waals surface area contributed by atoms with E-state index in [1.165, 1.54) is 0 Å². The Labute approximate surface area is 178 Å². The van der Waals surface area contributed by atoms with Crippen molar-refractivity contribution >= 4 is 34.1 Å². The highest BCUT2D eigenvalue weighted by molar-refractivity contribution is 6.31. The van der Waals surface area contributed by atoms with Crippen LogP contribution in [0.3, 0.4) is 0 Å². The first-order valence-electron chi connectivity index (χ1n) is 9.43. The van der Waals surface area contributed by atoms with Crippen LogP contribution in [0.15, 0.2) is 64.8 Å². The molecule has 0 fully saturated rings. The van der Waals surface area contributed by atoms with Crippen LogP contribution in [0.25, 0.3) is 10.9 Å². The van der Waals surface area contributed by atoms with Gasteiger partial charge in [-0.1, -0.05) is 48.0 Å². The first kappa shape index (κ1) is 19.8. The molecule has 30 heavy (non-hydrogen) atoms. The summed E-state index contributed by atoms with van der Waals surface area (Å²) >= 11 is 6.29. The Morgan fingerprint density at radius 3 is 2.60 bits per heavy atom. The molecule has 152 valence electrons. The van der Waals surface area contributed by atoms with Crippen LogP contribution in [0.5, 0.6) is 5.88 Å². The monoisotopic (exact) mass is 421 g/mol. The average Bonchev–Trinajstić information content (AvgIpc) is 3.17. The highest BCUT2D eigenvalue weighted by Gasteiger charge is 2.18. The Kier molecular flexibility index (Phi) is 5.37. The molecule has 0 saturated carbocycles. The second-order valence-corrected chi connectivity index (χ2v) is 7.45. The van der Waals surface area contributed by atoms with Crippen molar-refractivity contribution < 1.29 is 9.90 Å². The lowest BCUT2D eigenvalue weighted by molar-refractivity contribution is -0.119. The van der Waals surface area contributed by atoms with Crippen molar-refractivity contribution in [2.75, 3.05) is 0 Å². The van der Waals surface area contributed by atoms with Gasteiger partial charge in [-0.2, -0.15) is 5.10 Å². The van der Waals surface area contributed by atoms with E-state index in [0.29, 0.717) is 17.0 Å². The molecule has 1 amide bonds. The minimum absolute atomic E-state index is 0.0117. The third-order valence-electron chi connectivity index (χ3n) is 4.85. The van der Waals surface area contributed by atoms with Gasteiger partial charge in [0.2, 0.25) is 5.88 Å². The second kappa shape index (κ2) is 8.12. The largest absolute Gasteiger partial charge is 0.493 e. The fourth-order valence-electron chi connectivity index (χ4n) is 3.43. The first-order valence-corrected chi connectivity index (χ1v) is 9.81. The molecule has 0 atom stereocenters. The number of para-hydroxylation sites is 1. The molecular formula is C22H20ClN5O2. The van der Waals surface area contributed by atoms with Crippen molar-refractivity contribution in [2.45, 2.75) is 26.9 Å². The van der Waals surface area contributed by atoms with E-state index < -0.39 is 5.91 Å². The zero-order chi connectivity index (χ0) is 21.3. The lowest BCUT2D eigenvalue weighted by Crippen LogP contribution is -2.10. The van der Waals surface area contributed by atoms with E-state index in [1.807, 2.05) is 62.4 Å². The highest BCUT2D eigenvalue weighted by Crippen LogP contribution is 2.39. The third-order valence-corrected chi connectivity index (χ3v) is 5.22. The maximum Gasteiger partial charge on any atom is 0.286 e. The van der Waals surface area contributed by atoms with E-state index in [2.05, 4.69) is 15.3 Å². The molecule has 1 N–H and O–H groups in total. The van der Waals surface area contributed by atoms with Gasteiger partial charge in [0.25, 0.3) is 5.91 Å². The van der Waals surface area contributed by atoms with Gasteiger partial charge in [-0.05, 0) is 37.6 Å². The summed E-state index contributed by atoms with van der Waals surface area (Å²) in [5.41, 5.74) is 3.58. The summed E-state index contributed by atoms with van der Waals surface area (Å²) in [6, 6.07) is 16.8. The van der Waals surface area contributed by atoms with E-state index in [-0.39, 0.29) is 18.1 Å². The summed E-state index contributed by atoms with van der Waals surface area (Å²) in [6.45, 7) is 4.09. The fourth-order valence-corrected chi connectivity index (χ4v) is 3.62. The van der Waals surface area contributed by atoms with Crippen LogP contribution in [-0.4, -0.2) is 25.4 Å². The number of hydrogen-bond acceptors (Lipinski definition) is 4. The molecule has 4 aromatic rings. The molecule has 8 heteroatoms. The molecule has 2 heterocycles. The van der Waals surface area contributed by atoms with E-state index in [4.69, 9.17) is 11.6 Å². The van der Waals surface area contributed by atoms with Crippen LogP contribution in [0.4, 0.5) is 5.69 Å². The second-order valence-electron chi connectivity index (χ2n) is 7.05. The Hall–Kier alpha value is -3.45. The number of rotatable bonds is 5. The Bertz CT molecular complexity index is 1270. The molecule has 4 rings (SSSR count). The minimum Gasteiger partial charge on any atom is -0.493 e. The van der Waals surface area contributed by atoms with Crippen molar-refractivity contribution in [3.8, 4) is 5.88 Å². The number of benzene rings is 2.